The fourth-order valence-electron chi connectivity index (χ4n) is 1.64. The van der Waals surface area contributed by atoms with Crippen molar-refractivity contribution >= 4 is 11.9 Å². The molecule has 1 heterocycles. The number of anilines is 1. The number of hydrogen-bond donors (Lipinski definition) is 2. The second kappa shape index (κ2) is 6.68. The second-order valence-electron chi connectivity index (χ2n) is 6.53. The van der Waals surface area contributed by atoms with Crippen LogP contribution in [0, 0.1) is 12.8 Å². The Morgan fingerprint density at radius 2 is 1.95 bits per heavy atom. The summed E-state index contributed by atoms with van der Waals surface area (Å²) in [7, 11) is 0. The molecule has 0 aromatic carbocycles. The molecule has 0 aliphatic rings. The number of carbonyl (C=O) groups excluding carboxylic acids is 1. The van der Waals surface area contributed by atoms with Crippen LogP contribution < -0.4 is 10.6 Å². The first-order valence-electron chi connectivity index (χ1n) is 7.09. The van der Waals surface area contributed by atoms with E-state index in [-0.39, 0.29) is 11.4 Å². The number of rotatable bonds is 5. The van der Waals surface area contributed by atoms with Gasteiger partial charge in [0.15, 0.2) is 0 Å². The van der Waals surface area contributed by atoms with Crippen molar-refractivity contribution in [3.63, 3.8) is 0 Å². The van der Waals surface area contributed by atoms with Crippen LogP contribution in [0.15, 0.2) is 6.07 Å². The molecule has 0 aliphatic carbocycles. The molecule has 1 rings (SSSR count). The fraction of sp³-hybridized carbons (Fsp3) is 0.667. The lowest BCUT2D eigenvalue weighted by molar-refractivity contribution is 0.0947. The lowest BCUT2D eigenvalue weighted by atomic mass is 10.1. The molecule has 2 N–H and O–H groups in total. The first-order valence-corrected chi connectivity index (χ1v) is 7.09. The molecule has 0 saturated carbocycles. The van der Waals surface area contributed by atoms with Crippen LogP contribution in [-0.4, -0.2) is 28.0 Å². The van der Waals surface area contributed by atoms with Crippen LogP contribution in [0.4, 0.5) is 5.95 Å². The molecule has 0 spiro atoms. The maximum Gasteiger partial charge on any atom is 0.270 e. The van der Waals surface area contributed by atoms with Gasteiger partial charge in [0, 0.05) is 17.8 Å². The summed E-state index contributed by atoms with van der Waals surface area (Å²) < 4.78 is 0. The quantitative estimate of drug-likeness (QED) is 0.869. The third-order valence-corrected chi connectivity index (χ3v) is 2.58. The van der Waals surface area contributed by atoms with Gasteiger partial charge >= 0.3 is 0 Å². The predicted octanol–water partition coefficient (Wildman–Crippen LogP) is 2.77. The average molecular weight is 278 g/mol. The highest BCUT2D eigenvalue weighted by Gasteiger charge is 2.14. The third kappa shape index (κ3) is 5.99. The number of nitrogens with one attached hydrogen (secondary N) is 2. The van der Waals surface area contributed by atoms with Crippen molar-refractivity contribution in [1.82, 2.24) is 15.3 Å². The Morgan fingerprint density at radius 1 is 1.30 bits per heavy atom. The van der Waals surface area contributed by atoms with Gasteiger partial charge in [-0.1, -0.05) is 13.8 Å². The smallest absolute Gasteiger partial charge is 0.270 e. The van der Waals surface area contributed by atoms with Gasteiger partial charge in [-0.3, -0.25) is 4.79 Å². The normalized spacial score (nSPS) is 11.6. The molecule has 20 heavy (non-hydrogen) atoms. The Morgan fingerprint density at radius 3 is 2.50 bits per heavy atom. The molecule has 1 amide bonds. The lowest BCUT2D eigenvalue weighted by Gasteiger charge is -2.20. The summed E-state index contributed by atoms with van der Waals surface area (Å²) in [6.45, 7) is 12.9. The monoisotopic (exact) mass is 278 g/mol. The maximum absolute atomic E-state index is 12.1. The third-order valence-electron chi connectivity index (χ3n) is 2.58. The van der Waals surface area contributed by atoms with Crippen molar-refractivity contribution in [2.75, 3.05) is 11.9 Å². The lowest BCUT2D eigenvalue weighted by Crippen LogP contribution is -2.30. The summed E-state index contributed by atoms with van der Waals surface area (Å²) in [4.78, 5) is 20.7. The number of aryl methyl sites for hydroxylation is 1. The molecular weight excluding hydrogens is 252 g/mol. The molecule has 1 aromatic rings. The van der Waals surface area contributed by atoms with Crippen LogP contribution in [0.1, 0.15) is 57.2 Å². The average Bonchev–Trinajstić information content (AvgIpc) is 2.24. The summed E-state index contributed by atoms with van der Waals surface area (Å²) in [5.74, 6) is 0.917. The van der Waals surface area contributed by atoms with Crippen molar-refractivity contribution in [2.45, 2.75) is 53.5 Å². The standard InChI is InChI=1S/C15H26N4O/c1-10(2)7-8-16-13(20)12-9-11(3)17-14(18-12)19-15(4,5)6/h9-10H,7-8H2,1-6H3,(H,16,20)(H,17,18,19). The van der Waals surface area contributed by atoms with Crippen LogP contribution in [0.25, 0.3) is 0 Å². The molecule has 5 heteroatoms. The van der Waals surface area contributed by atoms with Crippen LogP contribution in [-0.2, 0) is 0 Å². The van der Waals surface area contributed by atoms with E-state index >= 15 is 0 Å². The minimum Gasteiger partial charge on any atom is -0.351 e. The summed E-state index contributed by atoms with van der Waals surface area (Å²) in [6.07, 6.45) is 0.961. The number of aromatic nitrogens is 2. The van der Waals surface area contributed by atoms with Gasteiger partial charge < -0.3 is 10.6 Å². The van der Waals surface area contributed by atoms with E-state index in [1.165, 1.54) is 0 Å². The Bertz CT molecular complexity index is 463. The minimum absolute atomic E-state index is 0.140. The van der Waals surface area contributed by atoms with E-state index < -0.39 is 0 Å². The molecule has 0 aliphatic heterocycles. The van der Waals surface area contributed by atoms with Gasteiger partial charge in [-0.2, -0.15) is 0 Å². The number of amides is 1. The fourth-order valence-corrected chi connectivity index (χ4v) is 1.64. The van der Waals surface area contributed by atoms with Crippen molar-refractivity contribution in [3.8, 4) is 0 Å². The molecule has 0 fully saturated rings. The minimum atomic E-state index is -0.145. The Balaban J connectivity index is 2.77. The van der Waals surface area contributed by atoms with Gasteiger partial charge in [-0.15, -0.1) is 0 Å². The maximum atomic E-state index is 12.1. The van der Waals surface area contributed by atoms with Crippen LogP contribution >= 0.6 is 0 Å². The topological polar surface area (TPSA) is 66.9 Å². The SMILES string of the molecule is Cc1cc(C(=O)NCCC(C)C)nc(NC(C)(C)C)n1. The molecule has 0 saturated heterocycles. The molecule has 5 nitrogen and oxygen atoms in total. The summed E-state index contributed by atoms with van der Waals surface area (Å²) in [5, 5.41) is 6.08. The van der Waals surface area contributed by atoms with Gasteiger partial charge in [0.1, 0.15) is 5.69 Å². The summed E-state index contributed by atoms with van der Waals surface area (Å²) in [6, 6.07) is 1.71. The highest BCUT2D eigenvalue weighted by Crippen LogP contribution is 2.11. The highest BCUT2D eigenvalue weighted by molar-refractivity contribution is 5.92. The van der Waals surface area contributed by atoms with Crippen LogP contribution in [0.3, 0.4) is 0 Å². The molecule has 0 bridgehead atoms. The Hall–Kier alpha value is -1.65. The molecule has 112 valence electrons. The molecular formula is C15H26N4O. The van der Waals surface area contributed by atoms with E-state index in [9.17, 15) is 4.79 Å². The van der Waals surface area contributed by atoms with Crippen molar-refractivity contribution in [3.05, 3.63) is 17.5 Å². The number of carbonyl (C=O) groups is 1. The van der Waals surface area contributed by atoms with Crippen molar-refractivity contribution < 1.29 is 4.79 Å². The Kier molecular flexibility index (Phi) is 5.48. The van der Waals surface area contributed by atoms with E-state index in [1.54, 1.807) is 6.07 Å². The largest absolute Gasteiger partial charge is 0.351 e. The number of hydrogen-bond acceptors (Lipinski definition) is 4. The second-order valence-corrected chi connectivity index (χ2v) is 6.53. The van der Waals surface area contributed by atoms with Crippen molar-refractivity contribution in [2.24, 2.45) is 5.92 Å². The highest BCUT2D eigenvalue weighted by atomic mass is 16.1. The molecule has 1 aromatic heterocycles. The zero-order valence-electron chi connectivity index (χ0n) is 13.4. The van der Waals surface area contributed by atoms with Crippen LogP contribution in [0.5, 0.6) is 0 Å². The summed E-state index contributed by atoms with van der Waals surface area (Å²) in [5.41, 5.74) is 1.05. The van der Waals surface area contributed by atoms with Gasteiger partial charge in [-0.05, 0) is 46.1 Å². The van der Waals surface area contributed by atoms with Crippen LogP contribution in [0.2, 0.25) is 0 Å². The zero-order chi connectivity index (χ0) is 15.3. The van der Waals surface area contributed by atoms with E-state index in [0.29, 0.717) is 24.1 Å². The Labute approximate surface area is 121 Å². The van der Waals surface area contributed by atoms with Gasteiger partial charge in [0.05, 0.1) is 0 Å². The van der Waals surface area contributed by atoms with Gasteiger partial charge in [0.2, 0.25) is 5.95 Å². The molecule has 0 atom stereocenters. The van der Waals surface area contributed by atoms with E-state index in [4.69, 9.17) is 0 Å². The van der Waals surface area contributed by atoms with Gasteiger partial charge in [0.25, 0.3) is 5.91 Å². The predicted molar refractivity (Wildman–Crippen MR) is 81.9 cm³/mol. The van der Waals surface area contributed by atoms with Crippen molar-refractivity contribution in [1.29, 1.82) is 0 Å². The first kappa shape index (κ1) is 16.4. The molecule has 0 radical (unpaired) electrons. The van der Waals surface area contributed by atoms with E-state index in [2.05, 4.69) is 34.4 Å². The summed E-state index contributed by atoms with van der Waals surface area (Å²) >= 11 is 0. The van der Waals surface area contributed by atoms with Gasteiger partial charge in [-0.25, -0.2) is 9.97 Å². The first-order chi connectivity index (χ1) is 9.17. The number of nitrogens with zero attached hydrogens (tertiary/aromatic N) is 2. The van der Waals surface area contributed by atoms with E-state index in [0.717, 1.165) is 12.1 Å². The molecule has 0 unspecified atom stereocenters. The zero-order valence-corrected chi connectivity index (χ0v) is 13.4. The van der Waals surface area contributed by atoms with E-state index in [1.807, 2.05) is 27.7 Å².